The molecule has 0 radical (unpaired) electrons. The molecule has 3 nitrogen and oxygen atoms in total. The van der Waals surface area contributed by atoms with Crippen LogP contribution in [0, 0.1) is 6.92 Å². The lowest BCUT2D eigenvalue weighted by molar-refractivity contribution is 0.0713. The first-order valence-electron chi connectivity index (χ1n) is 6.57. The van der Waals surface area contributed by atoms with Crippen molar-refractivity contribution in [1.82, 2.24) is 0 Å². The van der Waals surface area contributed by atoms with Crippen LogP contribution in [0.4, 0.5) is 0 Å². The zero-order valence-electron chi connectivity index (χ0n) is 11.9. The summed E-state index contributed by atoms with van der Waals surface area (Å²) in [5.74, 6) is 0.924. The average Bonchev–Trinajstić information content (AvgIpc) is 2.37. The van der Waals surface area contributed by atoms with Gasteiger partial charge in [-0.2, -0.15) is 0 Å². The second kappa shape index (κ2) is 7.39. The van der Waals surface area contributed by atoms with E-state index in [9.17, 15) is 0 Å². The largest absolute Gasteiger partial charge is 0.491 e. The van der Waals surface area contributed by atoms with Crippen molar-refractivity contribution in [1.29, 1.82) is 0 Å². The first-order chi connectivity index (χ1) is 8.56. The van der Waals surface area contributed by atoms with Gasteiger partial charge in [-0.15, -0.1) is 0 Å². The fourth-order valence-electron chi connectivity index (χ4n) is 1.71. The lowest BCUT2D eigenvalue weighted by atomic mass is 10.0. The third kappa shape index (κ3) is 4.67. The predicted octanol–water partition coefficient (Wildman–Crippen LogP) is 2.69. The molecule has 0 aliphatic carbocycles. The predicted molar refractivity (Wildman–Crippen MR) is 75.1 cm³/mol. The van der Waals surface area contributed by atoms with Gasteiger partial charge in [-0.25, -0.2) is 0 Å². The van der Waals surface area contributed by atoms with E-state index in [-0.39, 0.29) is 12.1 Å². The van der Waals surface area contributed by atoms with Crippen LogP contribution in [0.2, 0.25) is 0 Å². The number of hydrogen-bond donors (Lipinski definition) is 1. The van der Waals surface area contributed by atoms with E-state index in [0.717, 1.165) is 18.6 Å². The van der Waals surface area contributed by atoms with Crippen LogP contribution in [-0.2, 0) is 11.2 Å². The summed E-state index contributed by atoms with van der Waals surface area (Å²) in [5, 5.41) is 0. The van der Waals surface area contributed by atoms with E-state index in [1.54, 1.807) is 7.11 Å². The van der Waals surface area contributed by atoms with E-state index in [1.807, 2.05) is 13.0 Å². The van der Waals surface area contributed by atoms with Crippen molar-refractivity contribution in [2.45, 2.75) is 45.8 Å². The molecule has 102 valence electrons. The van der Waals surface area contributed by atoms with Gasteiger partial charge in [0.1, 0.15) is 12.4 Å². The zero-order chi connectivity index (χ0) is 13.5. The molecule has 0 heterocycles. The minimum Gasteiger partial charge on any atom is -0.491 e. The molecular weight excluding hydrogens is 226 g/mol. The van der Waals surface area contributed by atoms with Crippen LogP contribution in [0.3, 0.4) is 0 Å². The smallest absolute Gasteiger partial charge is 0.122 e. The highest BCUT2D eigenvalue weighted by molar-refractivity contribution is 5.37. The topological polar surface area (TPSA) is 44.5 Å². The molecule has 0 amide bonds. The Morgan fingerprint density at radius 3 is 2.67 bits per heavy atom. The summed E-state index contributed by atoms with van der Waals surface area (Å²) < 4.78 is 11.0. The van der Waals surface area contributed by atoms with Gasteiger partial charge in [-0.05, 0) is 38.3 Å². The molecule has 0 saturated heterocycles. The van der Waals surface area contributed by atoms with Gasteiger partial charge in [0.05, 0.1) is 6.10 Å². The minimum absolute atomic E-state index is 0.0963. The van der Waals surface area contributed by atoms with Crippen LogP contribution < -0.4 is 10.5 Å². The molecule has 0 bridgehead atoms. The third-order valence-corrected chi connectivity index (χ3v) is 3.10. The lowest BCUT2D eigenvalue weighted by Crippen LogP contribution is -2.22. The number of hydrogen-bond acceptors (Lipinski definition) is 3. The molecular formula is C15H25NO2. The summed E-state index contributed by atoms with van der Waals surface area (Å²) in [6.07, 6.45) is 1.93. The van der Waals surface area contributed by atoms with Crippen LogP contribution in [0.5, 0.6) is 5.75 Å². The molecule has 1 aromatic rings. The number of methoxy groups -OCH3 is 1. The van der Waals surface area contributed by atoms with E-state index in [4.69, 9.17) is 15.2 Å². The molecule has 0 spiro atoms. The van der Waals surface area contributed by atoms with E-state index in [2.05, 4.69) is 26.0 Å². The normalized spacial score (nSPS) is 14.3. The molecule has 0 saturated carbocycles. The second-order valence-electron chi connectivity index (χ2n) is 4.84. The first kappa shape index (κ1) is 15.0. The van der Waals surface area contributed by atoms with Crippen LogP contribution in [0.15, 0.2) is 18.2 Å². The molecule has 0 aromatic heterocycles. The van der Waals surface area contributed by atoms with Crippen molar-refractivity contribution < 1.29 is 9.47 Å². The third-order valence-electron chi connectivity index (χ3n) is 3.10. The van der Waals surface area contributed by atoms with Crippen LogP contribution in [0.25, 0.3) is 0 Å². The van der Waals surface area contributed by atoms with Crippen molar-refractivity contribution in [3.63, 3.8) is 0 Å². The zero-order valence-corrected chi connectivity index (χ0v) is 11.9. The Morgan fingerprint density at radius 1 is 1.33 bits per heavy atom. The average molecular weight is 251 g/mol. The van der Waals surface area contributed by atoms with Gasteiger partial charge in [0, 0.05) is 13.2 Å². The van der Waals surface area contributed by atoms with E-state index in [0.29, 0.717) is 6.61 Å². The molecule has 18 heavy (non-hydrogen) atoms. The van der Waals surface area contributed by atoms with Gasteiger partial charge in [-0.3, -0.25) is 0 Å². The van der Waals surface area contributed by atoms with Crippen molar-refractivity contribution in [3.05, 3.63) is 29.3 Å². The van der Waals surface area contributed by atoms with Gasteiger partial charge in [-0.1, -0.05) is 24.6 Å². The Bertz CT molecular complexity index is 366. The maximum Gasteiger partial charge on any atom is 0.122 e. The van der Waals surface area contributed by atoms with Crippen LogP contribution >= 0.6 is 0 Å². The maximum atomic E-state index is 6.03. The number of benzene rings is 1. The summed E-state index contributed by atoms with van der Waals surface area (Å²) in [7, 11) is 1.69. The van der Waals surface area contributed by atoms with Gasteiger partial charge in [0.15, 0.2) is 0 Å². The van der Waals surface area contributed by atoms with Gasteiger partial charge >= 0.3 is 0 Å². The molecule has 1 aromatic carbocycles. The molecule has 0 aliphatic heterocycles. The quantitative estimate of drug-likeness (QED) is 0.810. The molecule has 1 rings (SSSR count). The summed E-state index contributed by atoms with van der Waals surface area (Å²) in [4.78, 5) is 0. The van der Waals surface area contributed by atoms with Crippen molar-refractivity contribution in [2.24, 2.45) is 5.73 Å². The highest BCUT2D eigenvalue weighted by atomic mass is 16.5. The molecule has 2 unspecified atom stereocenters. The highest BCUT2D eigenvalue weighted by Gasteiger charge is 2.09. The summed E-state index contributed by atoms with van der Waals surface area (Å²) in [6, 6.07) is 6.43. The monoisotopic (exact) mass is 251 g/mol. The van der Waals surface area contributed by atoms with E-state index < -0.39 is 0 Å². The standard InChI is InChI=1S/C15H25NO2/c1-5-14(16)9-13-8-11(2)6-7-15(13)18-10-12(3)17-4/h6-8,12,14H,5,9-10,16H2,1-4H3. The Labute approximate surface area is 110 Å². The van der Waals surface area contributed by atoms with Crippen molar-refractivity contribution in [2.75, 3.05) is 13.7 Å². The van der Waals surface area contributed by atoms with Gasteiger partial charge in [0.25, 0.3) is 0 Å². The number of ether oxygens (including phenoxy) is 2. The Hall–Kier alpha value is -1.06. The summed E-state index contributed by atoms with van der Waals surface area (Å²) in [6.45, 7) is 6.75. The number of rotatable bonds is 7. The maximum absolute atomic E-state index is 6.03. The number of aryl methyl sites for hydroxylation is 1. The molecule has 0 aliphatic rings. The SMILES string of the molecule is CCC(N)Cc1cc(C)ccc1OCC(C)OC. The Balaban J connectivity index is 2.76. The summed E-state index contributed by atoms with van der Waals surface area (Å²) >= 11 is 0. The molecule has 0 fully saturated rings. The van der Waals surface area contributed by atoms with Crippen molar-refractivity contribution >= 4 is 0 Å². The highest BCUT2D eigenvalue weighted by Crippen LogP contribution is 2.22. The van der Waals surface area contributed by atoms with Crippen molar-refractivity contribution in [3.8, 4) is 5.75 Å². The molecule has 2 atom stereocenters. The fraction of sp³-hybridized carbons (Fsp3) is 0.600. The van der Waals surface area contributed by atoms with E-state index in [1.165, 1.54) is 11.1 Å². The van der Waals surface area contributed by atoms with Gasteiger partial charge in [0.2, 0.25) is 0 Å². The number of nitrogens with two attached hydrogens (primary N) is 1. The Morgan fingerprint density at radius 2 is 2.06 bits per heavy atom. The molecule has 3 heteroatoms. The van der Waals surface area contributed by atoms with E-state index >= 15 is 0 Å². The minimum atomic E-state index is 0.0963. The summed E-state index contributed by atoms with van der Waals surface area (Å²) in [5.41, 5.74) is 8.45. The molecule has 2 N–H and O–H groups in total. The first-order valence-corrected chi connectivity index (χ1v) is 6.57. The second-order valence-corrected chi connectivity index (χ2v) is 4.84. The van der Waals surface area contributed by atoms with Gasteiger partial charge < -0.3 is 15.2 Å². The fourth-order valence-corrected chi connectivity index (χ4v) is 1.71. The van der Waals surface area contributed by atoms with Crippen LogP contribution in [0.1, 0.15) is 31.4 Å². The lowest BCUT2D eigenvalue weighted by Gasteiger charge is -2.17. The van der Waals surface area contributed by atoms with Crippen LogP contribution in [-0.4, -0.2) is 25.9 Å². The Kier molecular flexibility index (Phi) is 6.16.